The Hall–Kier alpha value is 0.220. The van der Waals surface area contributed by atoms with E-state index in [-0.39, 0.29) is 0 Å². The lowest BCUT2D eigenvalue weighted by atomic mass is 10.1. The van der Waals surface area contributed by atoms with Gasteiger partial charge in [0.15, 0.2) is 0 Å². The van der Waals surface area contributed by atoms with Gasteiger partial charge in [0.25, 0.3) is 0 Å². The lowest BCUT2D eigenvalue weighted by Gasteiger charge is -1.94. The Morgan fingerprint density at radius 2 is 2.43 bits per heavy atom. The SMILES string of the molecule is C=C[C@@]1(C)C[C@@H]1Br. The number of halogens is 1. The zero-order valence-corrected chi connectivity index (χ0v) is 6.03. The van der Waals surface area contributed by atoms with Crippen LogP contribution in [0, 0.1) is 5.41 Å². The van der Waals surface area contributed by atoms with E-state index in [9.17, 15) is 0 Å². The molecular weight excluding hydrogens is 152 g/mol. The number of rotatable bonds is 1. The van der Waals surface area contributed by atoms with Gasteiger partial charge in [0.05, 0.1) is 0 Å². The molecule has 0 unspecified atom stereocenters. The Bertz CT molecular complexity index is 98.4. The van der Waals surface area contributed by atoms with Gasteiger partial charge in [-0.2, -0.15) is 0 Å². The topological polar surface area (TPSA) is 0 Å². The summed E-state index contributed by atoms with van der Waals surface area (Å²) in [6.45, 7) is 5.92. The molecular formula is C6H9Br. The van der Waals surface area contributed by atoms with Crippen LogP contribution in [0.1, 0.15) is 13.3 Å². The van der Waals surface area contributed by atoms with Crippen molar-refractivity contribution in [2.24, 2.45) is 5.41 Å². The van der Waals surface area contributed by atoms with Crippen LogP contribution >= 0.6 is 15.9 Å². The summed E-state index contributed by atoms with van der Waals surface area (Å²) in [6, 6.07) is 0. The van der Waals surface area contributed by atoms with Crippen LogP contribution in [0.15, 0.2) is 12.7 Å². The molecule has 0 heterocycles. The molecule has 1 aliphatic rings. The van der Waals surface area contributed by atoms with E-state index in [0.29, 0.717) is 10.2 Å². The largest absolute Gasteiger partial charge is 0.102 e. The van der Waals surface area contributed by atoms with Crippen molar-refractivity contribution in [1.29, 1.82) is 0 Å². The molecule has 7 heavy (non-hydrogen) atoms. The normalized spacial score (nSPS) is 48.6. The molecule has 0 spiro atoms. The Balaban J connectivity index is 2.51. The molecule has 1 rings (SSSR count). The van der Waals surface area contributed by atoms with Crippen LogP contribution in [0.5, 0.6) is 0 Å². The highest BCUT2D eigenvalue weighted by atomic mass is 79.9. The van der Waals surface area contributed by atoms with Crippen LogP contribution in [-0.4, -0.2) is 4.83 Å². The van der Waals surface area contributed by atoms with E-state index in [4.69, 9.17) is 0 Å². The van der Waals surface area contributed by atoms with Crippen LogP contribution in [0.4, 0.5) is 0 Å². The van der Waals surface area contributed by atoms with Crippen molar-refractivity contribution in [3.05, 3.63) is 12.7 Å². The van der Waals surface area contributed by atoms with Gasteiger partial charge in [0.2, 0.25) is 0 Å². The summed E-state index contributed by atoms with van der Waals surface area (Å²) in [5, 5.41) is 0. The second kappa shape index (κ2) is 1.35. The van der Waals surface area contributed by atoms with Gasteiger partial charge in [-0.3, -0.25) is 0 Å². The first kappa shape index (κ1) is 5.36. The highest BCUT2D eigenvalue weighted by Gasteiger charge is 2.45. The first-order chi connectivity index (χ1) is 3.19. The van der Waals surface area contributed by atoms with Gasteiger partial charge in [0, 0.05) is 4.83 Å². The smallest absolute Gasteiger partial charge is 0.0242 e. The summed E-state index contributed by atoms with van der Waals surface area (Å²) in [4.78, 5) is 0.706. The van der Waals surface area contributed by atoms with Crippen molar-refractivity contribution in [3.63, 3.8) is 0 Å². The van der Waals surface area contributed by atoms with Crippen LogP contribution < -0.4 is 0 Å². The van der Waals surface area contributed by atoms with Gasteiger partial charge < -0.3 is 0 Å². The van der Waals surface area contributed by atoms with Crippen LogP contribution in [-0.2, 0) is 0 Å². The van der Waals surface area contributed by atoms with Crippen molar-refractivity contribution < 1.29 is 0 Å². The highest BCUT2D eigenvalue weighted by molar-refractivity contribution is 9.09. The highest BCUT2D eigenvalue weighted by Crippen LogP contribution is 2.51. The van der Waals surface area contributed by atoms with Crippen molar-refractivity contribution in [2.75, 3.05) is 0 Å². The maximum absolute atomic E-state index is 3.71. The van der Waals surface area contributed by atoms with Crippen molar-refractivity contribution in [2.45, 2.75) is 18.2 Å². The van der Waals surface area contributed by atoms with E-state index in [1.54, 1.807) is 0 Å². The number of hydrogen-bond donors (Lipinski definition) is 0. The molecule has 0 bridgehead atoms. The molecule has 1 aliphatic carbocycles. The predicted octanol–water partition coefficient (Wildman–Crippen LogP) is 2.35. The molecule has 0 amide bonds. The lowest BCUT2D eigenvalue weighted by Crippen LogP contribution is -1.87. The Morgan fingerprint density at radius 3 is 2.43 bits per heavy atom. The van der Waals surface area contributed by atoms with Crippen molar-refractivity contribution in [3.8, 4) is 0 Å². The van der Waals surface area contributed by atoms with E-state index in [1.165, 1.54) is 6.42 Å². The fourth-order valence-electron chi connectivity index (χ4n) is 0.538. The minimum atomic E-state index is 0.431. The van der Waals surface area contributed by atoms with E-state index in [1.807, 2.05) is 6.08 Å². The minimum Gasteiger partial charge on any atom is -0.102 e. The number of hydrogen-bond acceptors (Lipinski definition) is 0. The second-order valence-corrected chi connectivity index (χ2v) is 3.49. The fourth-order valence-corrected chi connectivity index (χ4v) is 1.42. The molecule has 0 aromatic rings. The quantitative estimate of drug-likeness (QED) is 0.409. The number of alkyl halides is 1. The molecule has 40 valence electrons. The van der Waals surface area contributed by atoms with Gasteiger partial charge >= 0.3 is 0 Å². The molecule has 1 fully saturated rings. The molecule has 1 heteroatoms. The number of allylic oxidation sites excluding steroid dienone is 1. The zero-order valence-electron chi connectivity index (χ0n) is 4.45. The maximum atomic E-state index is 3.71. The monoisotopic (exact) mass is 160 g/mol. The summed E-state index contributed by atoms with van der Waals surface area (Å²) in [6.07, 6.45) is 3.28. The minimum absolute atomic E-state index is 0.431. The fraction of sp³-hybridized carbons (Fsp3) is 0.667. The van der Waals surface area contributed by atoms with Crippen LogP contribution in [0.3, 0.4) is 0 Å². The third-order valence-corrected chi connectivity index (χ3v) is 3.01. The molecule has 0 radical (unpaired) electrons. The Kier molecular flexibility index (Phi) is 1.03. The Labute approximate surface area is 52.7 Å². The van der Waals surface area contributed by atoms with Crippen LogP contribution in [0.25, 0.3) is 0 Å². The summed E-state index contributed by atoms with van der Waals surface area (Å²) < 4.78 is 0. The lowest BCUT2D eigenvalue weighted by molar-refractivity contribution is 0.758. The van der Waals surface area contributed by atoms with Gasteiger partial charge in [0.1, 0.15) is 0 Å². The standard InChI is InChI=1S/C6H9Br/c1-3-6(2)4-5(6)7/h3,5H,1,4H2,2H3/t5-,6-/m0/s1. The van der Waals surface area contributed by atoms with E-state index >= 15 is 0 Å². The molecule has 0 saturated heterocycles. The van der Waals surface area contributed by atoms with Gasteiger partial charge in [-0.25, -0.2) is 0 Å². The van der Waals surface area contributed by atoms with Crippen molar-refractivity contribution >= 4 is 15.9 Å². The summed E-state index contributed by atoms with van der Waals surface area (Å²) in [5.41, 5.74) is 0.431. The van der Waals surface area contributed by atoms with Gasteiger partial charge in [-0.05, 0) is 11.8 Å². The third kappa shape index (κ3) is 0.742. The molecule has 0 N–H and O–H groups in total. The Morgan fingerprint density at radius 1 is 2.00 bits per heavy atom. The third-order valence-electron chi connectivity index (χ3n) is 1.64. The average Bonchev–Trinajstić information content (AvgIpc) is 2.18. The van der Waals surface area contributed by atoms with Gasteiger partial charge in [-0.15, -0.1) is 6.58 Å². The van der Waals surface area contributed by atoms with Crippen molar-refractivity contribution in [1.82, 2.24) is 0 Å². The predicted molar refractivity (Wildman–Crippen MR) is 35.6 cm³/mol. The van der Waals surface area contributed by atoms with E-state index in [0.717, 1.165) is 0 Å². The summed E-state index contributed by atoms with van der Waals surface area (Å²) >= 11 is 3.49. The maximum Gasteiger partial charge on any atom is 0.0242 e. The molecule has 1 saturated carbocycles. The average molecular weight is 161 g/mol. The van der Waals surface area contributed by atoms with Gasteiger partial charge in [-0.1, -0.05) is 28.9 Å². The molecule has 2 atom stereocenters. The second-order valence-electron chi connectivity index (χ2n) is 2.38. The molecule has 0 nitrogen and oxygen atoms in total. The first-order valence-electron chi connectivity index (χ1n) is 2.47. The van der Waals surface area contributed by atoms with E-state index in [2.05, 4.69) is 29.4 Å². The first-order valence-corrected chi connectivity index (χ1v) is 3.38. The summed E-state index contributed by atoms with van der Waals surface area (Å²) in [5.74, 6) is 0. The van der Waals surface area contributed by atoms with Crippen LogP contribution in [0.2, 0.25) is 0 Å². The summed E-state index contributed by atoms with van der Waals surface area (Å²) in [7, 11) is 0. The molecule has 0 aromatic heterocycles. The van der Waals surface area contributed by atoms with E-state index < -0.39 is 0 Å². The zero-order chi connectivity index (χ0) is 5.49. The molecule has 0 aliphatic heterocycles. The molecule has 0 aromatic carbocycles.